The maximum absolute atomic E-state index is 6.20. The van der Waals surface area contributed by atoms with Crippen LogP contribution in [-0.4, -0.2) is 53.8 Å². The minimum absolute atomic E-state index is 0.0777. The molecule has 2 rings (SSSR count). The zero-order chi connectivity index (χ0) is 16.3. The zero-order valence-electron chi connectivity index (χ0n) is 14.6. The molecule has 0 amide bonds. The van der Waals surface area contributed by atoms with E-state index >= 15 is 0 Å². The largest absolute Gasteiger partial charge is 0.379 e. The van der Waals surface area contributed by atoms with Crippen molar-refractivity contribution in [3.8, 4) is 0 Å². The fourth-order valence-corrected chi connectivity index (χ4v) is 3.04. The van der Waals surface area contributed by atoms with Gasteiger partial charge in [-0.05, 0) is 24.5 Å². The highest BCUT2D eigenvalue weighted by Crippen LogP contribution is 2.19. The van der Waals surface area contributed by atoms with Crippen molar-refractivity contribution in [2.24, 2.45) is 0 Å². The third-order valence-corrected chi connectivity index (χ3v) is 4.83. The number of ether oxygens (including phenoxy) is 2. The number of hydrogen-bond acceptors (Lipinski definition) is 3. The highest BCUT2D eigenvalue weighted by molar-refractivity contribution is 6.08. The number of nitrogens with zero attached hydrogens (tertiary/aromatic N) is 1. The fraction of sp³-hybridized carbons (Fsp3) is 0.579. The normalized spacial score (nSPS) is 22.3. The first-order chi connectivity index (χ1) is 11.3. The molecule has 1 aliphatic rings. The topological polar surface area (TPSA) is 21.7 Å². The number of benzene rings is 1. The van der Waals surface area contributed by atoms with Gasteiger partial charge in [0.2, 0.25) is 0 Å². The van der Waals surface area contributed by atoms with E-state index in [0.29, 0.717) is 0 Å². The van der Waals surface area contributed by atoms with Crippen molar-refractivity contribution in [2.45, 2.75) is 44.6 Å². The molecule has 2 atom stereocenters. The fourth-order valence-electron chi connectivity index (χ4n) is 2.75. The second-order valence-corrected chi connectivity index (χ2v) is 7.20. The lowest BCUT2D eigenvalue weighted by molar-refractivity contribution is -0.0116. The summed E-state index contributed by atoms with van der Waals surface area (Å²) >= 11 is 0. The summed E-state index contributed by atoms with van der Waals surface area (Å²) in [5.74, 6) is 0. The van der Waals surface area contributed by atoms with Crippen molar-refractivity contribution in [1.82, 2.24) is 4.90 Å². The molecule has 0 saturated carbocycles. The van der Waals surface area contributed by atoms with Crippen LogP contribution in [0.5, 0.6) is 0 Å². The monoisotopic (exact) mass is 333 g/mol. The SMILES string of the molecule is CCCCN1CC(COCCC[SiH3])OC1/C=C/c1ccccc1. The Morgan fingerprint density at radius 3 is 2.87 bits per heavy atom. The molecule has 0 N–H and O–H groups in total. The average molecular weight is 334 g/mol. The van der Waals surface area contributed by atoms with Gasteiger partial charge in [-0.15, -0.1) is 0 Å². The van der Waals surface area contributed by atoms with Gasteiger partial charge in [-0.2, -0.15) is 0 Å². The van der Waals surface area contributed by atoms with Crippen molar-refractivity contribution < 1.29 is 9.47 Å². The molecule has 0 aliphatic carbocycles. The molecule has 1 fully saturated rings. The first kappa shape index (κ1) is 18.4. The number of hydrogen-bond donors (Lipinski definition) is 0. The van der Waals surface area contributed by atoms with E-state index in [-0.39, 0.29) is 12.3 Å². The van der Waals surface area contributed by atoms with Crippen LogP contribution in [0.3, 0.4) is 0 Å². The van der Waals surface area contributed by atoms with Crippen LogP contribution in [0.15, 0.2) is 36.4 Å². The third-order valence-electron chi connectivity index (χ3n) is 4.13. The number of rotatable bonds is 10. The molecule has 1 aromatic carbocycles. The highest BCUT2D eigenvalue weighted by Gasteiger charge is 2.30. The number of unbranched alkanes of at least 4 members (excludes halogenated alkanes) is 1. The van der Waals surface area contributed by atoms with E-state index in [1.54, 1.807) is 0 Å². The van der Waals surface area contributed by atoms with Crippen LogP contribution in [0.2, 0.25) is 6.04 Å². The van der Waals surface area contributed by atoms with Crippen molar-refractivity contribution >= 4 is 16.3 Å². The summed E-state index contributed by atoms with van der Waals surface area (Å²) in [6.45, 7) is 5.91. The van der Waals surface area contributed by atoms with Crippen LogP contribution < -0.4 is 0 Å². The van der Waals surface area contributed by atoms with E-state index in [0.717, 1.165) is 26.3 Å². The summed E-state index contributed by atoms with van der Waals surface area (Å²) in [5.41, 5.74) is 1.22. The Morgan fingerprint density at radius 1 is 1.30 bits per heavy atom. The predicted octanol–water partition coefficient (Wildman–Crippen LogP) is 2.72. The Labute approximate surface area is 144 Å². The molecule has 1 aromatic rings. The molecule has 23 heavy (non-hydrogen) atoms. The van der Waals surface area contributed by atoms with E-state index < -0.39 is 0 Å². The molecule has 4 heteroatoms. The maximum atomic E-state index is 6.20. The second-order valence-electron chi connectivity index (χ2n) is 6.20. The molecule has 1 heterocycles. The highest BCUT2D eigenvalue weighted by atomic mass is 28.1. The van der Waals surface area contributed by atoms with Gasteiger partial charge >= 0.3 is 0 Å². The van der Waals surface area contributed by atoms with Gasteiger partial charge in [-0.3, -0.25) is 4.90 Å². The Hall–Kier alpha value is -0.943. The first-order valence-electron chi connectivity index (χ1n) is 9.04. The van der Waals surface area contributed by atoms with Crippen LogP contribution in [0, 0.1) is 0 Å². The quantitative estimate of drug-likeness (QED) is 0.485. The van der Waals surface area contributed by atoms with Gasteiger partial charge in [0.1, 0.15) is 6.23 Å². The average Bonchev–Trinajstić information content (AvgIpc) is 2.98. The van der Waals surface area contributed by atoms with Crippen molar-refractivity contribution in [1.29, 1.82) is 0 Å². The molecular weight excluding hydrogens is 302 g/mol. The zero-order valence-corrected chi connectivity index (χ0v) is 16.6. The van der Waals surface area contributed by atoms with Gasteiger partial charge in [0.05, 0.1) is 12.7 Å². The van der Waals surface area contributed by atoms with E-state index in [1.807, 2.05) is 6.07 Å². The summed E-state index contributed by atoms with van der Waals surface area (Å²) in [7, 11) is 1.27. The van der Waals surface area contributed by atoms with Crippen LogP contribution in [0.1, 0.15) is 31.7 Å². The van der Waals surface area contributed by atoms with Gasteiger partial charge < -0.3 is 9.47 Å². The predicted molar refractivity (Wildman–Crippen MR) is 101 cm³/mol. The summed E-state index contributed by atoms with van der Waals surface area (Å²) < 4.78 is 12.0. The molecule has 0 aromatic heterocycles. The lowest BCUT2D eigenvalue weighted by Gasteiger charge is -2.19. The van der Waals surface area contributed by atoms with Crippen LogP contribution >= 0.6 is 0 Å². The Balaban J connectivity index is 1.87. The van der Waals surface area contributed by atoms with E-state index in [4.69, 9.17) is 9.47 Å². The maximum Gasteiger partial charge on any atom is 0.130 e. The molecule has 128 valence electrons. The van der Waals surface area contributed by atoms with Gasteiger partial charge in [-0.1, -0.05) is 55.8 Å². The van der Waals surface area contributed by atoms with E-state index in [1.165, 1.54) is 41.1 Å². The molecule has 2 unspecified atom stereocenters. The Bertz CT molecular complexity index is 452. The van der Waals surface area contributed by atoms with Gasteiger partial charge in [0, 0.05) is 29.9 Å². The summed E-state index contributed by atoms with van der Waals surface area (Å²) in [5, 5.41) is 0. The molecule has 0 bridgehead atoms. The lowest BCUT2D eigenvalue weighted by Crippen LogP contribution is -2.30. The summed E-state index contributed by atoms with van der Waals surface area (Å²) in [6.07, 6.45) is 8.24. The lowest BCUT2D eigenvalue weighted by atomic mass is 10.2. The van der Waals surface area contributed by atoms with Crippen LogP contribution in [0.4, 0.5) is 0 Å². The smallest absolute Gasteiger partial charge is 0.130 e. The molecule has 0 spiro atoms. The Kier molecular flexibility index (Phi) is 8.61. The van der Waals surface area contributed by atoms with Crippen molar-refractivity contribution in [2.75, 3.05) is 26.3 Å². The van der Waals surface area contributed by atoms with E-state index in [9.17, 15) is 0 Å². The van der Waals surface area contributed by atoms with Gasteiger partial charge in [0.25, 0.3) is 0 Å². The standard InChI is InChI=1S/C19H31NO2Si/c1-2-3-12-20-15-18(16-21-13-7-14-23)22-19(20)11-10-17-8-5-4-6-9-17/h4-6,8-11,18-19H,2-3,7,12-16H2,1,23H3/b11-10+. The van der Waals surface area contributed by atoms with Crippen LogP contribution in [0.25, 0.3) is 6.08 Å². The summed E-state index contributed by atoms with van der Waals surface area (Å²) in [6, 6.07) is 11.7. The molecule has 1 saturated heterocycles. The second kappa shape index (κ2) is 10.8. The van der Waals surface area contributed by atoms with Gasteiger partial charge in [-0.25, -0.2) is 0 Å². The molecular formula is C19H31NO2Si. The summed E-state index contributed by atoms with van der Waals surface area (Å²) in [4.78, 5) is 2.43. The van der Waals surface area contributed by atoms with Gasteiger partial charge in [0.15, 0.2) is 0 Å². The molecule has 0 radical (unpaired) electrons. The molecule has 1 aliphatic heterocycles. The van der Waals surface area contributed by atoms with Crippen LogP contribution in [-0.2, 0) is 9.47 Å². The molecule has 3 nitrogen and oxygen atoms in total. The van der Waals surface area contributed by atoms with Crippen molar-refractivity contribution in [3.63, 3.8) is 0 Å². The Morgan fingerprint density at radius 2 is 2.13 bits per heavy atom. The third kappa shape index (κ3) is 6.59. The first-order valence-corrected chi connectivity index (χ1v) is 10.5. The van der Waals surface area contributed by atoms with Crippen molar-refractivity contribution in [3.05, 3.63) is 42.0 Å². The van der Waals surface area contributed by atoms with E-state index in [2.05, 4.69) is 48.2 Å². The minimum Gasteiger partial charge on any atom is -0.379 e. The minimum atomic E-state index is 0.0777.